The maximum absolute atomic E-state index is 5.97. The van der Waals surface area contributed by atoms with Crippen molar-refractivity contribution in [3.63, 3.8) is 0 Å². The summed E-state index contributed by atoms with van der Waals surface area (Å²) in [5.74, 6) is 0. The highest BCUT2D eigenvalue weighted by Gasteiger charge is 2.24. The van der Waals surface area contributed by atoms with Crippen LogP contribution in [-0.4, -0.2) is 6.69 Å². The van der Waals surface area contributed by atoms with Crippen LogP contribution in [0.1, 0.15) is 13.3 Å². The van der Waals surface area contributed by atoms with E-state index in [1.54, 1.807) is 0 Å². The topological polar surface area (TPSA) is 0 Å². The van der Waals surface area contributed by atoms with E-state index in [0.717, 1.165) is 18.5 Å². The van der Waals surface area contributed by atoms with Gasteiger partial charge in [-0.25, -0.2) is 0 Å². The van der Waals surface area contributed by atoms with Crippen molar-refractivity contribution in [2.75, 3.05) is 0 Å². The Morgan fingerprint density at radius 3 is 2.44 bits per heavy atom. The van der Waals surface area contributed by atoms with Crippen LogP contribution in [0.3, 0.4) is 0 Å². The molecule has 0 aliphatic rings. The molecule has 0 aromatic carbocycles. The summed E-state index contributed by atoms with van der Waals surface area (Å²) in [5.41, 5.74) is 0. The number of halogens is 2. The molecule has 0 spiro atoms. The summed E-state index contributed by atoms with van der Waals surface area (Å²) in [7, 11) is 0. The van der Waals surface area contributed by atoms with Gasteiger partial charge in [0.05, 0.1) is 0 Å². The van der Waals surface area contributed by atoms with Gasteiger partial charge in [0, 0.05) is 0 Å². The van der Waals surface area contributed by atoms with Crippen molar-refractivity contribution < 1.29 is 0 Å². The van der Waals surface area contributed by atoms with E-state index in [0.29, 0.717) is 0 Å². The first-order chi connectivity index (χ1) is 4.12. The number of hydrogen-bond acceptors (Lipinski definition) is 0. The summed E-state index contributed by atoms with van der Waals surface area (Å²) in [6.07, 6.45) is 2.88. The van der Waals surface area contributed by atoms with E-state index in [2.05, 4.69) is 13.5 Å². The van der Waals surface area contributed by atoms with Gasteiger partial charge in [0.15, 0.2) is 0 Å². The molecule has 0 aromatic heterocycles. The quantitative estimate of drug-likeness (QED) is 0.355. The molecule has 3 heteroatoms. The van der Waals surface area contributed by atoms with Gasteiger partial charge < -0.3 is 0 Å². The molecule has 0 atom stereocenters. The second kappa shape index (κ2) is 4.37. The van der Waals surface area contributed by atoms with E-state index in [-0.39, 0.29) is 0 Å². The van der Waals surface area contributed by atoms with Crippen molar-refractivity contribution in [1.29, 1.82) is 0 Å². The minimum Gasteiger partial charge on any atom is -0.146 e. The Kier molecular flexibility index (Phi) is 4.63. The van der Waals surface area contributed by atoms with Gasteiger partial charge in [0.1, 0.15) is 0 Å². The normalized spacial score (nSPS) is 11.4. The lowest BCUT2D eigenvalue weighted by molar-refractivity contribution is 1.06. The maximum atomic E-state index is 5.97. The second-order valence-electron chi connectivity index (χ2n) is 2.10. The van der Waals surface area contributed by atoms with E-state index in [1.165, 1.54) is 0 Å². The fraction of sp³-hybridized carbons (Fsp3) is 0.667. The highest BCUT2D eigenvalue weighted by atomic mass is 35.7. The lowest BCUT2D eigenvalue weighted by atomic mass is 10.6. The molecule has 0 nitrogen and oxygen atoms in total. The van der Waals surface area contributed by atoms with Gasteiger partial charge in [-0.05, 0) is 12.1 Å². The van der Waals surface area contributed by atoms with Crippen molar-refractivity contribution in [2.45, 2.75) is 25.4 Å². The maximum Gasteiger partial charge on any atom is 0.254 e. The van der Waals surface area contributed by atoms with E-state index < -0.39 is 6.69 Å². The number of rotatable bonds is 4. The van der Waals surface area contributed by atoms with E-state index in [1.807, 2.05) is 6.08 Å². The van der Waals surface area contributed by atoms with Gasteiger partial charge in [-0.2, -0.15) is 0 Å². The zero-order chi connectivity index (χ0) is 7.33. The van der Waals surface area contributed by atoms with Gasteiger partial charge in [0.25, 0.3) is 6.69 Å². The molecule has 0 unspecified atom stereocenters. The molecule has 0 bridgehead atoms. The molecule has 0 radical (unpaired) electrons. The van der Waals surface area contributed by atoms with Crippen molar-refractivity contribution in [2.24, 2.45) is 0 Å². The molecule has 0 amide bonds. The second-order valence-corrected chi connectivity index (χ2v) is 9.64. The third-order valence-corrected chi connectivity index (χ3v) is 5.24. The number of allylic oxidation sites excluding steroid dienone is 1. The van der Waals surface area contributed by atoms with Crippen LogP contribution in [0.2, 0.25) is 12.1 Å². The van der Waals surface area contributed by atoms with Crippen LogP contribution in [0.4, 0.5) is 0 Å². The highest BCUT2D eigenvalue weighted by molar-refractivity contribution is 7.45. The molecule has 54 valence electrons. The minimum atomic E-state index is -1.88. The molecule has 0 aliphatic heterocycles. The molecule has 9 heavy (non-hydrogen) atoms. The number of hydrogen-bond donors (Lipinski definition) is 0. The molecule has 0 aliphatic carbocycles. The Morgan fingerprint density at radius 2 is 2.11 bits per heavy atom. The van der Waals surface area contributed by atoms with Crippen LogP contribution in [0.15, 0.2) is 12.7 Å². The average molecular weight is 183 g/mol. The molecule has 0 saturated carbocycles. The van der Waals surface area contributed by atoms with Crippen molar-refractivity contribution in [1.82, 2.24) is 0 Å². The zero-order valence-electron chi connectivity index (χ0n) is 5.66. The molecular formula is C6H12Cl2Si. The Morgan fingerprint density at radius 1 is 1.56 bits per heavy atom. The Bertz CT molecular complexity index is 91.1. The molecule has 0 fully saturated rings. The molecule has 0 saturated heterocycles. The van der Waals surface area contributed by atoms with E-state index in [9.17, 15) is 0 Å². The van der Waals surface area contributed by atoms with Crippen LogP contribution in [0, 0.1) is 0 Å². The van der Waals surface area contributed by atoms with Crippen LogP contribution >= 0.6 is 22.2 Å². The Labute approximate surface area is 67.3 Å². The van der Waals surface area contributed by atoms with Gasteiger partial charge >= 0.3 is 0 Å². The van der Waals surface area contributed by atoms with Crippen LogP contribution in [0.5, 0.6) is 0 Å². The fourth-order valence-electron chi connectivity index (χ4n) is 0.679. The summed E-state index contributed by atoms with van der Waals surface area (Å²) in [5, 5.41) is 0. The van der Waals surface area contributed by atoms with Crippen LogP contribution in [-0.2, 0) is 0 Å². The summed E-state index contributed by atoms with van der Waals surface area (Å²) in [4.78, 5) is 0. The molecule has 0 N–H and O–H groups in total. The molecule has 0 rings (SSSR count). The Hall–Kier alpha value is 0.537. The standard InChI is InChI=1S/C6H12Cl2Si/c1-3-5-9(7,8)6-4-2/h3H,1,4-6H2,2H3. The predicted molar refractivity (Wildman–Crippen MR) is 47.6 cm³/mol. The summed E-state index contributed by atoms with van der Waals surface area (Å²) in [6, 6.07) is 1.78. The largest absolute Gasteiger partial charge is 0.254 e. The highest BCUT2D eigenvalue weighted by Crippen LogP contribution is 2.26. The van der Waals surface area contributed by atoms with E-state index in [4.69, 9.17) is 22.2 Å². The first kappa shape index (κ1) is 9.54. The van der Waals surface area contributed by atoms with Gasteiger partial charge in [-0.1, -0.05) is 19.4 Å². The third kappa shape index (κ3) is 5.01. The van der Waals surface area contributed by atoms with Crippen LogP contribution < -0.4 is 0 Å². The summed E-state index contributed by atoms with van der Waals surface area (Å²) in [6.45, 7) is 3.81. The van der Waals surface area contributed by atoms with Gasteiger partial charge in [-0.15, -0.1) is 28.7 Å². The smallest absolute Gasteiger partial charge is 0.146 e. The molecule has 0 heterocycles. The zero-order valence-corrected chi connectivity index (χ0v) is 8.17. The predicted octanol–water partition coefficient (Wildman–Crippen LogP) is 3.50. The lowest BCUT2D eigenvalue weighted by Crippen LogP contribution is -2.16. The monoisotopic (exact) mass is 182 g/mol. The molecule has 0 aromatic rings. The van der Waals surface area contributed by atoms with Crippen molar-refractivity contribution in [3.05, 3.63) is 12.7 Å². The fourth-order valence-corrected chi connectivity index (χ4v) is 3.83. The van der Waals surface area contributed by atoms with E-state index >= 15 is 0 Å². The van der Waals surface area contributed by atoms with Crippen molar-refractivity contribution in [3.8, 4) is 0 Å². The summed E-state index contributed by atoms with van der Waals surface area (Å²) >= 11 is 11.9. The average Bonchev–Trinajstić information content (AvgIpc) is 1.64. The van der Waals surface area contributed by atoms with Gasteiger partial charge in [0.2, 0.25) is 0 Å². The summed E-state index contributed by atoms with van der Waals surface area (Å²) < 4.78 is 0. The Balaban J connectivity index is 3.55. The third-order valence-electron chi connectivity index (χ3n) is 1.06. The minimum absolute atomic E-state index is 0.809. The lowest BCUT2D eigenvalue weighted by Gasteiger charge is -2.11. The first-order valence-electron chi connectivity index (χ1n) is 3.11. The first-order valence-corrected chi connectivity index (χ1v) is 7.55. The van der Waals surface area contributed by atoms with Gasteiger partial charge in [-0.3, -0.25) is 0 Å². The van der Waals surface area contributed by atoms with Crippen molar-refractivity contribution >= 4 is 28.9 Å². The molecular weight excluding hydrogens is 171 g/mol. The SMILES string of the molecule is C=CC[Si](Cl)(Cl)CCC. The van der Waals surface area contributed by atoms with Crippen LogP contribution in [0.25, 0.3) is 0 Å².